The number of carbonyl (C=O) groups excluding carboxylic acids is 2. The van der Waals surface area contributed by atoms with Gasteiger partial charge in [-0.3, -0.25) is 14.9 Å². The SMILES string of the molecule is O=C(/C=C/c1ccc(-c2ccccc2)o1)NC(=S)Nc1ccc(NC(=O)c2ccc(Cl)cc2Cl)cc1. The molecule has 1 aromatic heterocycles. The average molecular weight is 536 g/mol. The van der Waals surface area contributed by atoms with Crippen LogP contribution in [0.2, 0.25) is 10.0 Å². The van der Waals surface area contributed by atoms with E-state index < -0.39 is 5.91 Å². The van der Waals surface area contributed by atoms with E-state index in [0.29, 0.717) is 33.5 Å². The molecule has 2 amide bonds. The highest BCUT2D eigenvalue weighted by Crippen LogP contribution is 2.23. The first-order chi connectivity index (χ1) is 17.4. The maximum absolute atomic E-state index is 12.4. The zero-order chi connectivity index (χ0) is 25.5. The third kappa shape index (κ3) is 6.82. The van der Waals surface area contributed by atoms with Crippen molar-refractivity contribution >= 4 is 69.8 Å². The summed E-state index contributed by atoms with van der Waals surface area (Å²) in [6, 6.07) is 24.7. The molecule has 0 atom stereocenters. The van der Waals surface area contributed by atoms with Gasteiger partial charge >= 0.3 is 0 Å². The summed E-state index contributed by atoms with van der Waals surface area (Å²) in [6.07, 6.45) is 2.90. The molecule has 4 rings (SSSR count). The van der Waals surface area contributed by atoms with Crippen LogP contribution in [0, 0.1) is 0 Å². The molecule has 0 aliphatic heterocycles. The summed E-state index contributed by atoms with van der Waals surface area (Å²) in [7, 11) is 0. The van der Waals surface area contributed by atoms with Crippen molar-refractivity contribution in [2.24, 2.45) is 0 Å². The van der Waals surface area contributed by atoms with Gasteiger partial charge in [-0.15, -0.1) is 0 Å². The number of rotatable bonds is 6. The number of benzene rings is 3. The maximum atomic E-state index is 12.4. The van der Waals surface area contributed by atoms with E-state index in [0.717, 1.165) is 5.56 Å². The number of furan rings is 1. The highest BCUT2D eigenvalue weighted by Gasteiger charge is 2.11. The minimum absolute atomic E-state index is 0.124. The van der Waals surface area contributed by atoms with Gasteiger partial charge < -0.3 is 15.1 Å². The number of amides is 2. The van der Waals surface area contributed by atoms with Gasteiger partial charge in [-0.05, 0) is 72.9 Å². The van der Waals surface area contributed by atoms with E-state index in [1.807, 2.05) is 36.4 Å². The van der Waals surface area contributed by atoms with Crippen LogP contribution >= 0.6 is 35.4 Å². The fourth-order valence-electron chi connectivity index (χ4n) is 3.18. The molecule has 0 radical (unpaired) electrons. The molecule has 6 nitrogen and oxygen atoms in total. The summed E-state index contributed by atoms with van der Waals surface area (Å²) in [4.78, 5) is 24.7. The summed E-state index contributed by atoms with van der Waals surface area (Å²) in [5, 5.41) is 9.09. The minimum atomic E-state index is -0.408. The summed E-state index contributed by atoms with van der Waals surface area (Å²) < 4.78 is 5.74. The predicted molar refractivity (Wildman–Crippen MR) is 148 cm³/mol. The van der Waals surface area contributed by atoms with Crippen molar-refractivity contribution in [1.29, 1.82) is 0 Å². The van der Waals surface area contributed by atoms with Crippen LogP contribution in [0.4, 0.5) is 11.4 Å². The second-order valence-electron chi connectivity index (χ2n) is 7.50. The van der Waals surface area contributed by atoms with Gasteiger partial charge in [0.2, 0.25) is 5.91 Å². The molecule has 0 fully saturated rings. The van der Waals surface area contributed by atoms with Crippen molar-refractivity contribution in [2.75, 3.05) is 10.6 Å². The molecule has 0 aliphatic rings. The highest BCUT2D eigenvalue weighted by atomic mass is 35.5. The molecule has 3 N–H and O–H groups in total. The van der Waals surface area contributed by atoms with E-state index in [-0.39, 0.29) is 16.0 Å². The quantitative estimate of drug-likeness (QED) is 0.182. The van der Waals surface area contributed by atoms with E-state index in [1.54, 1.807) is 48.5 Å². The molecule has 0 spiro atoms. The molecule has 36 heavy (non-hydrogen) atoms. The van der Waals surface area contributed by atoms with Gasteiger partial charge in [-0.25, -0.2) is 0 Å². The van der Waals surface area contributed by atoms with Gasteiger partial charge in [-0.1, -0.05) is 53.5 Å². The fraction of sp³-hybridized carbons (Fsp3) is 0. The first-order valence-corrected chi connectivity index (χ1v) is 11.9. The molecule has 1 heterocycles. The Balaban J connectivity index is 1.27. The Labute approximate surface area is 222 Å². The van der Waals surface area contributed by atoms with Crippen LogP contribution in [-0.4, -0.2) is 16.9 Å². The lowest BCUT2D eigenvalue weighted by molar-refractivity contribution is -0.115. The molecule has 0 saturated heterocycles. The van der Waals surface area contributed by atoms with Crippen molar-refractivity contribution in [1.82, 2.24) is 5.32 Å². The van der Waals surface area contributed by atoms with Crippen molar-refractivity contribution < 1.29 is 14.0 Å². The zero-order valence-electron chi connectivity index (χ0n) is 18.6. The number of hydrogen-bond acceptors (Lipinski definition) is 4. The van der Waals surface area contributed by atoms with Gasteiger partial charge in [0.1, 0.15) is 11.5 Å². The largest absolute Gasteiger partial charge is 0.457 e. The minimum Gasteiger partial charge on any atom is -0.457 e. The Morgan fingerprint density at radius 1 is 0.833 bits per heavy atom. The Hall–Kier alpha value is -3.91. The Morgan fingerprint density at radius 3 is 2.22 bits per heavy atom. The van der Waals surface area contributed by atoms with Crippen molar-refractivity contribution in [3.05, 3.63) is 112 Å². The summed E-state index contributed by atoms with van der Waals surface area (Å²) in [5.41, 5.74) is 2.45. The lowest BCUT2D eigenvalue weighted by Crippen LogP contribution is -2.32. The Kier molecular flexibility index (Phi) is 8.17. The van der Waals surface area contributed by atoms with Gasteiger partial charge in [0.25, 0.3) is 5.91 Å². The van der Waals surface area contributed by atoms with Gasteiger partial charge in [0.05, 0.1) is 10.6 Å². The number of anilines is 2. The zero-order valence-corrected chi connectivity index (χ0v) is 21.0. The maximum Gasteiger partial charge on any atom is 0.257 e. The number of carbonyl (C=O) groups is 2. The lowest BCUT2D eigenvalue weighted by atomic mass is 10.2. The molecular formula is C27H19Cl2N3O3S. The topological polar surface area (TPSA) is 83.4 Å². The molecular weight excluding hydrogens is 517 g/mol. The van der Waals surface area contributed by atoms with Gasteiger partial charge in [0, 0.05) is 28.0 Å². The first-order valence-electron chi connectivity index (χ1n) is 10.7. The number of nitrogens with one attached hydrogen (secondary N) is 3. The Bertz CT molecular complexity index is 1430. The van der Waals surface area contributed by atoms with Crippen molar-refractivity contribution in [3.63, 3.8) is 0 Å². The van der Waals surface area contributed by atoms with Crippen LogP contribution in [0.1, 0.15) is 16.1 Å². The second kappa shape index (κ2) is 11.7. The van der Waals surface area contributed by atoms with E-state index in [1.165, 1.54) is 12.1 Å². The molecule has 180 valence electrons. The summed E-state index contributed by atoms with van der Waals surface area (Å²) in [6.45, 7) is 0. The first kappa shape index (κ1) is 25.2. The van der Waals surface area contributed by atoms with Crippen LogP contribution in [0.5, 0.6) is 0 Å². The summed E-state index contributed by atoms with van der Waals surface area (Å²) in [5.74, 6) is 0.484. The fourth-order valence-corrected chi connectivity index (χ4v) is 3.90. The third-order valence-corrected chi connectivity index (χ3v) is 5.65. The van der Waals surface area contributed by atoms with Crippen molar-refractivity contribution in [3.8, 4) is 11.3 Å². The predicted octanol–water partition coefficient (Wildman–Crippen LogP) is 7.03. The van der Waals surface area contributed by atoms with Crippen molar-refractivity contribution in [2.45, 2.75) is 0 Å². The summed E-state index contributed by atoms with van der Waals surface area (Å²) >= 11 is 17.2. The number of hydrogen-bond donors (Lipinski definition) is 3. The van der Waals surface area contributed by atoms with E-state index in [9.17, 15) is 9.59 Å². The molecule has 0 unspecified atom stereocenters. The standard InChI is InChI=1S/C27H19Cl2N3O3S/c28-18-6-13-22(23(29)16-18)26(34)30-19-7-9-20(10-8-19)31-27(36)32-25(33)15-12-21-11-14-24(35-21)17-4-2-1-3-5-17/h1-16H,(H,30,34)(H2,31,32,33,36)/b15-12+. The molecule has 4 aromatic rings. The van der Waals surface area contributed by atoms with Crippen LogP contribution < -0.4 is 16.0 Å². The normalized spacial score (nSPS) is 10.7. The highest BCUT2D eigenvalue weighted by molar-refractivity contribution is 7.80. The average Bonchev–Trinajstić information content (AvgIpc) is 3.33. The van der Waals surface area contributed by atoms with E-state index >= 15 is 0 Å². The second-order valence-corrected chi connectivity index (χ2v) is 8.75. The molecule has 0 aliphatic carbocycles. The monoisotopic (exact) mass is 535 g/mol. The van der Waals surface area contributed by atoms with Crippen LogP contribution in [0.3, 0.4) is 0 Å². The van der Waals surface area contributed by atoms with Crippen LogP contribution in [0.25, 0.3) is 17.4 Å². The Morgan fingerprint density at radius 2 is 1.53 bits per heavy atom. The van der Waals surface area contributed by atoms with Crippen LogP contribution in [-0.2, 0) is 4.79 Å². The van der Waals surface area contributed by atoms with E-state index in [4.69, 9.17) is 39.8 Å². The molecule has 3 aromatic carbocycles. The van der Waals surface area contributed by atoms with E-state index in [2.05, 4.69) is 16.0 Å². The number of halogens is 2. The molecule has 9 heteroatoms. The third-order valence-electron chi connectivity index (χ3n) is 4.90. The van der Waals surface area contributed by atoms with Gasteiger partial charge in [-0.2, -0.15) is 0 Å². The molecule has 0 saturated carbocycles. The van der Waals surface area contributed by atoms with Gasteiger partial charge in [0.15, 0.2) is 5.11 Å². The smallest absolute Gasteiger partial charge is 0.257 e. The lowest BCUT2D eigenvalue weighted by Gasteiger charge is -2.10. The van der Waals surface area contributed by atoms with Crippen LogP contribution in [0.15, 0.2) is 95.4 Å². The number of thiocarbonyl (C=S) groups is 1. The molecule has 0 bridgehead atoms.